The molecular weight excluding hydrogens is 374 g/mol. The number of carbonyl (C=O) groups is 4. The maximum absolute atomic E-state index is 13.3. The van der Waals surface area contributed by atoms with E-state index in [1.807, 2.05) is 30.3 Å². The second kappa shape index (κ2) is 7.38. The summed E-state index contributed by atoms with van der Waals surface area (Å²) in [4.78, 5) is 52.9. The molecule has 2 aliphatic rings. The second-order valence-corrected chi connectivity index (χ2v) is 6.69. The first-order valence-corrected chi connectivity index (χ1v) is 9.29. The maximum atomic E-state index is 13.3. The van der Waals surface area contributed by atoms with E-state index < -0.39 is 36.3 Å². The van der Waals surface area contributed by atoms with Gasteiger partial charge in [0.15, 0.2) is 0 Å². The van der Waals surface area contributed by atoms with Crippen LogP contribution in [0.5, 0.6) is 5.75 Å². The Hall–Kier alpha value is -3.68. The molecule has 29 heavy (non-hydrogen) atoms. The Labute approximate surface area is 167 Å². The van der Waals surface area contributed by atoms with Gasteiger partial charge in [-0.25, -0.2) is 9.69 Å². The molecule has 0 unspecified atom stereocenters. The van der Waals surface area contributed by atoms with Crippen LogP contribution in [0.4, 0.5) is 10.5 Å². The van der Waals surface area contributed by atoms with Crippen LogP contribution in [-0.2, 0) is 14.4 Å². The highest BCUT2D eigenvalue weighted by molar-refractivity contribution is 6.45. The average Bonchev–Trinajstić information content (AvgIpc) is 2.96. The first kappa shape index (κ1) is 18.7. The van der Waals surface area contributed by atoms with E-state index in [4.69, 9.17) is 4.74 Å². The topological polar surface area (TPSA) is 87.2 Å². The molecule has 0 radical (unpaired) electrons. The highest BCUT2D eigenvalue weighted by Gasteiger charge is 2.45. The third-order valence-electron chi connectivity index (χ3n) is 5.03. The molecule has 1 atom stereocenters. The molecule has 2 aromatic carbocycles. The number of rotatable bonds is 4. The van der Waals surface area contributed by atoms with E-state index in [-0.39, 0.29) is 13.2 Å². The van der Waals surface area contributed by atoms with Crippen LogP contribution in [0.25, 0.3) is 0 Å². The van der Waals surface area contributed by atoms with Crippen LogP contribution in [0, 0.1) is 0 Å². The highest BCUT2D eigenvalue weighted by Crippen LogP contribution is 2.39. The number of likely N-dealkylation sites (N-methyl/N-ethyl adjacent to an activating group) is 1. The standard InChI is InChI=1S/C21H19N3O5/c1-2-22-19(26)20(27)23(21(22)28)12-18(25)24-15-10-6-7-11-17(15)29-13-16(24)14-8-4-3-5-9-14/h3-11,16H,2,12-13H2,1H3/t16-/m1/s1. The van der Waals surface area contributed by atoms with Gasteiger partial charge in [-0.1, -0.05) is 42.5 Å². The van der Waals surface area contributed by atoms with Crippen LogP contribution >= 0.6 is 0 Å². The van der Waals surface area contributed by atoms with Crippen molar-refractivity contribution in [2.24, 2.45) is 0 Å². The quantitative estimate of drug-likeness (QED) is 0.585. The predicted octanol–water partition coefficient (Wildman–Crippen LogP) is 1.96. The Balaban J connectivity index is 1.68. The van der Waals surface area contributed by atoms with Crippen LogP contribution in [0.2, 0.25) is 0 Å². The first-order valence-electron chi connectivity index (χ1n) is 9.29. The van der Waals surface area contributed by atoms with E-state index in [0.717, 1.165) is 10.5 Å². The summed E-state index contributed by atoms with van der Waals surface area (Å²) in [5.74, 6) is -1.82. The van der Waals surface area contributed by atoms with Gasteiger partial charge in [0.1, 0.15) is 18.9 Å². The summed E-state index contributed by atoms with van der Waals surface area (Å²) >= 11 is 0. The minimum Gasteiger partial charge on any atom is -0.489 e. The van der Waals surface area contributed by atoms with Crippen LogP contribution in [0.1, 0.15) is 18.5 Å². The normalized spacial score (nSPS) is 18.7. The second-order valence-electron chi connectivity index (χ2n) is 6.69. The number of para-hydroxylation sites is 2. The summed E-state index contributed by atoms with van der Waals surface area (Å²) in [6, 6.07) is 15.3. The van der Waals surface area contributed by atoms with Crippen LogP contribution < -0.4 is 9.64 Å². The van der Waals surface area contributed by atoms with Crippen molar-refractivity contribution in [3.8, 4) is 5.75 Å². The number of amides is 5. The molecule has 0 saturated carbocycles. The van der Waals surface area contributed by atoms with Gasteiger partial charge in [-0.05, 0) is 24.6 Å². The summed E-state index contributed by atoms with van der Waals surface area (Å²) in [6.07, 6.45) is 0. The SMILES string of the molecule is CCN1C(=O)C(=O)N(CC(=O)N2c3ccccc3OC[C@@H]2c2ccccc2)C1=O. The van der Waals surface area contributed by atoms with Crippen LogP contribution in [-0.4, -0.2) is 53.2 Å². The van der Waals surface area contributed by atoms with Gasteiger partial charge in [-0.15, -0.1) is 0 Å². The van der Waals surface area contributed by atoms with E-state index in [0.29, 0.717) is 16.3 Å². The van der Waals surface area contributed by atoms with Crippen LogP contribution in [0.15, 0.2) is 54.6 Å². The number of imide groups is 2. The van der Waals surface area contributed by atoms with Crippen molar-refractivity contribution in [3.05, 3.63) is 60.2 Å². The number of urea groups is 1. The Morgan fingerprint density at radius 3 is 2.31 bits per heavy atom. The molecule has 2 aliphatic heterocycles. The molecule has 0 aliphatic carbocycles. The van der Waals surface area contributed by atoms with Gasteiger partial charge in [0.05, 0.1) is 11.7 Å². The summed E-state index contributed by atoms with van der Waals surface area (Å²) in [5, 5.41) is 0. The smallest absolute Gasteiger partial charge is 0.334 e. The number of carbonyl (C=O) groups excluding carboxylic acids is 4. The fraction of sp³-hybridized carbons (Fsp3) is 0.238. The molecule has 0 aromatic heterocycles. The van der Waals surface area contributed by atoms with E-state index in [1.54, 1.807) is 31.2 Å². The number of anilines is 1. The summed E-state index contributed by atoms with van der Waals surface area (Å²) in [5.41, 5.74) is 1.41. The molecule has 0 bridgehead atoms. The third kappa shape index (κ3) is 3.12. The zero-order chi connectivity index (χ0) is 20.5. The Morgan fingerprint density at radius 2 is 1.62 bits per heavy atom. The number of hydrogen-bond acceptors (Lipinski definition) is 5. The summed E-state index contributed by atoms with van der Waals surface area (Å²) in [7, 11) is 0. The maximum Gasteiger partial charge on any atom is 0.334 e. The van der Waals surface area contributed by atoms with E-state index in [1.165, 1.54) is 4.90 Å². The van der Waals surface area contributed by atoms with Crippen molar-refractivity contribution in [2.45, 2.75) is 13.0 Å². The highest BCUT2D eigenvalue weighted by atomic mass is 16.5. The lowest BCUT2D eigenvalue weighted by Crippen LogP contribution is -2.47. The lowest BCUT2D eigenvalue weighted by molar-refractivity contribution is -0.143. The largest absolute Gasteiger partial charge is 0.489 e. The molecule has 5 amide bonds. The number of nitrogens with zero attached hydrogens (tertiary/aromatic N) is 3. The fourth-order valence-electron chi connectivity index (χ4n) is 3.60. The monoisotopic (exact) mass is 393 g/mol. The molecule has 0 N–H and O–H groups in total. The molecule has 4 rings (SSSR count). The molecule has 1 saturated heterocycles. The minimum absolute atomic E-state index is 0.0706. The Bertz CT molecular complexity index is 991. The van der Waals surface area contributed by atoms with Crippen molar-refractivity contribution in [2.75, 3.05) is 24.6 Å². The Morgan fingerprint density at radius 1 is 0.966 bits per heavy atom. The van der Waals surface area contributed by atoms with E-state index >= 15 is 0 Å². The van der Waals surface area contributed by atoms with E-state index in [2.05, 4.69) is 0 Å². The molecule has 2 aromatic rings. The molecule has 148 valence electrons. The number of ether oxygens (including phenoxy) is 1. The van der Waals surface area contributed by atoms with Gasteiger partial charge in [0, 0.05) is 6.54 Å². The van der Waals surface area contributed by atoms with Gasteiger partial charge in [-0.2, -0.15) is 0 Å². The van der Waals surface area contributed by atoms with Crippen molar-refractivity contribution in [1.29, 1.82) is 0 Å². The molecule has 1 fully saturated rings. The van der Waals surface area contributed by atoms with Crippen molar-refractivity contribution < 1.29 is 23.9 Å². The van der Waals surface area contributed by atoms with Gasteiger partial charge in [0.2, 0.25) is 5.91 Å². The van der Waals surface area contributed by atoms with Crippen molar-refractivity contribution in [3.63, 3.8) is 0 Å². The van der Waals surface area contributed by atoms with E-state index in [9.17, 15) is 19.2 Å². The van der Waals surface area contributed by atoms with Gasteiger partial charge < -0.3 is 4.74 Å². The molecule has 8 heteroatoms. The number of benzene rings is 2. The zero-order valence-electron chi connectivity index (χ0n) is 15.8. The average molecular weight is 393 g/mol. The van der Waals surface area contributed by atoms with Gasteiger partial charge in [0.25, 0.3) is 0 Å². The van der Waals surface area contributed by atoms with Crippen LogP contribution in [0.3, 0.4) is 0 Å². The zero-order valence-corrected chi connectivity index (χ0v) is 15.8. The lowest BCUT2D eigenvalue weighted by atomic mass is 10.0. The van der Waals surface area contributed by atoms with Crippen molar-refractivity contribution >= 4 is 29.4 Å². The summed E-state index contributed by atoms with van der Waals surface area (Å²) < 4.78 is 5.83. The molecular formula is C21H19N3O5. The van der Waals surface area contributed by atoms with Gasteiger partial charge >= 0.3 is 17.8 Å². The first-order chi connectivity index (χ1) is 14.0. The number of hydrogen-bond donors (Lipinski definition) is 0. The molecule has 0 spiro atoms. The minimum atomic E-state index is -0.983. The fourth-order valence-corrected chi connectivity index (χ4v) is 3.60. The predicted molar refractivity (Wildman–Crippen MR) is 103 cm³/mol. The van der Waals surface area contributed by atoms with Gasteiger partial charge in [-0.3, -0.25) is 24.2 Å². The Kier molecular flexibility index (Phi) is 4.75. The molecule has 8 nitrogen and oxygen atoms in total. The third-order valence-corrected chi connectivity index (χ3v) is 5.03. The number of fused-ring (bicyclic) bond motifs is 1. The lowest BCUT2D eigenvalue weighted by Gasteiger charge is -2.37. The van der Waals surface area contributed by atoms with Crippen molar-refractivity contribution in [1.82, 2.24) is 9.80 Å². The summed E-state index contributed by atoms with van der Waals surface area (Å²) in [6.45, 7) is 1.38. The molecule has 2 heterocycles.